The number of esters is 1. The van der Waals surface area contributed by atoms with Crippen LogP contribution in [0.1, 0.15) is 12.8 Å². The van der Waals surface area contributed by atoms with Crippen LogP contribution in [0.25, 0.3) is 0 Å². The van der Waals surface area contributed by atoms with Crippen LogP contribution in [0.5, 0.6) is 5.75 Å². The Bertz CT molecular complexity index is 673. The second-order valence-corrected chi connectivity index (χ2v) is 5.80. The number of thiocarbonyl (C=S) groups is 1. The van der Waals surface area contributed by atoms with Crippen molar-refractivity contribution in [2.45, 2.75) is 12.8 Å². The van der Waals surface area contributed by atoms with Crippen LogP contribution in [0.15, 0.2) is 24.3 Å². The molecule has 0 bridgehead atoms. The van der Waals surface area contributed by atoms with Gasteiger partial charge in [-0.25, -0.2) is 0 Å². The Morgan fingerprint density at radius 1 is 1.07 bits per heavy atom. The summed E-state index contributed by atoms with van der Waals surface area (Å²) in [6, 6.07) is 6.70. The third kappa shape index (κ3) is 10.3. The minimum Gasteiger partial charge on any atom is -0.482 e. The van der Waals surface area contributed by atoms with Gasteiger partial charge in [0.1, 0.15) is 12.4 Å². The second-order valence-electron chi connectivity index (χ2n) is 4.98. The summed E-state index contributed by atoms with van der Waals surface area (Å²) in [7, 11) is 1.48. The van der Waals surface area contributed by atoms with Crippen LogP contribution >= 0.6 is 23.8 Å². The summed E-state index contributed by atoms with van der Waals surface area (Å²) in [5.74, 6) is -1.19. The van der Waals surface area contributed by atoms with Gasteiger partial charge in [-0.3, -0.25) is 25.2 Å². The summed E-state index contributed by atoms with van der Waals surface area (Å²) in [4.78, 5) is 34.7. The summed E-state index contributed by atoms with van der Waals surface area (Å²) in [5.41, 5.74) is 4.61. The maximum absolute atomic E-state index is 11.7. The van der Waals surface area contributed by atoms with E-state index in [0.29, 0.717) is 10.8 Å². The standard InChI is InChI=1S/C16H20ClN3O6S/c1-24-8-9-25-15(23)7-6-13(21)18-16(27)20-19-14(22)10-26-12-5-3-2-4-11(12)17/h2-5H,6-10H2,1H3,(H,19,22)(H2,18,20,21,27). The molecule has 2 amide bonds. The molecule has 0 aromatic heterocycles. The van der Waals surface area contributed by atoms with Crippen molar-refractivity contribution in [3.05, 3.63) is 29.3 Å². The van der Waals surface area contributed by atoms with E-state index in [-0.39, 0.29) is 37.8 Å². The summed E-state index contributed by atoms with van der Waals surface area (Å²) in [6.07, 6.45) is -0.215. The highest BCUT2D eigenvalue weighted by Gasteiger charge is 2.10. The quantitative estimate of drug-likeness (QED) is 0.233. The van der Waals surface area contributed by atoms with E-state index in [2.05, 4.69) is 16.2 Å². The van der Waals surface area contributed by atoms with Crippen molar-refractivity contribution in [3.8, 4) is 5.75 Å². The number of hydrogen-bond acceptors (Lipinski definition) is 7. The topological polar surface area (TPSA) is 115 Å². The third-order valence-corrected chi connectivity index (χ3v) is 3.39. The van der Waals surface area contributed by atoms with E-state index in [1.54, 1.807) is 24.3 Å². The van der Waals surface area contributed by atoms with E-state index in [0.717, 1.165) is 0 Å². The number of benzene rings is 1. The van der Waals surface area contributed by atoms with Crippen LogP contribution in [0.3, 0.4) is 0 Å². The molecule has 1 aromatic rings. The molecule has 0 unspecified atom stereocenters. The molecule has 9 nitrogen and oxygen atoms in total. The van der Waals surface area contributed by atoms with Gasteiger partial charge in [-0.05, 0) is 24.4 Å². The van der Waals surface area contributed by atoms with Gasteiger partial charge in [0, 0.05) is 13.5 Å². The molecule has 0 aliphatic rings. The van der Waals surface area contributed by atoms with Gasteiger partial charge in [0.15, 0.2) is 11.7 Å². The average molecular weight is 418 g/mol. The lowest BCUT2D eigenvalue weighted by Crippen LogP contribution is -2.49. The second kappa shape index (κ2) is 12.8. The predicted octanol–water partition coefficient (Wildman–Crippen LogP) is 0.711. The van der Waals surface area contributed by atoms with E-state index >= 15 is 0 Å². The smallest absolute Gasteiger partial charge is 0.306 e. The minimum absolute atomic E-state index is 0.101. The first-order valence-corrected chi connectivity index (χ1v) is 8.61. The first kappa shape index (κ1) is 22.6. The molecule has 148 valence electrons. The molecule has 0 aliphatic carbocycles. The van der Waals surface area contributed by atoms with E-state index in [9.17, 15) is 14.4 Å². The molecular weight excluding hydrogens is 398 g/mol. The molecule has 0 saturated carbocycles. The molecule has 27 heavy (non-hydrogen) atoms. The van der Waals surface area contributed by atoms with Gasteiger partial charge in [0.25, 0.3) is 5.91 Å². The van der Waals surface area contributed by atoms with E-state index in [4.69, 9.17) is 38.0 Å². The van der Waals surface area contributed by atoms with Gasteiger partial charge >= 0.3 is 5.97 Å². The van der Waals surface area contributed by atoms with E-state index < -0.39 is 17.8 Å². The zero-order valence-corrected chi connectivity index (χ0v) is 16.2. The Kier molecular flexibility index (Phi) is 10.8. The van der Waals surface area contributed by atoms with Crippen molar-refractivity contribution in [1.82, 2.24) is 16.2 Å². The van der Waals surface area contributed by atoms with E-state index in [1.807, 2.05) is 0 Å². The van der Waals surface area contributed by atoms with Crippen LogP contribution in [-0.2, 0) is 23.9 Å². The average Bonchev–Trinajstić information content (AvgIpc) is 2.64. The number of rotatable bonds is 9. The highest BCUT2D eigenvalue weighted by molar-refractivity contribution is 7.80. The summed E-state index contributed by atoms with van der Waals surface area (Å²) >= 11 is 10.8. The fourth-order valence-corrected chi connectivity index (χ4v) is 1.97. The molecule has 1 aromatic carbocycles. The number of amides is 2. The minimum atomic E-state index is -0.534. The molecule has 0 spiro atoms. The Labute approximate surface area is 166 Å². The summed E-state index contributed by atoms with van der Waals surface area (Å²) < 4.78 is 14.8. The molecule has 3 N–H and O–H groups in total. The number of methoxy groups -OCH3 is 1. The lowest BCUT2D eigenvalue weighted by atomic mass is 10.3. The number of hydrazine groups is 1. The fourth-order valence-electron chi connectivity index (χ4n) is 1.61. The first-order valence-electron chi connectivity index (χ1n) is 7.83. The van der Waals surface area contributed by atoms with Gasteiger partial charge in [0.2, 0.25) is 5.91 Å². The number of nitrogens with one attached hydrogen (secondary N) is 3. The molecule has 0 saturated heterocycles. The molecular formula is C16H20ClN3O6S. The summed E-state index contributed by atoms with van der Waals surface area (Å²) in [6.45, 7) is 0.103. The Balaban J connectivity index is 2.18. The van der Waals surface area contributed by atoms with Crippen LogP contribution in [0.4, 0.5) is 0 Å². The van der Waals surface area contributed by atoms with Gasteiger partial charge in [-0.2, -0.15) is 0 Å². The highest BCUT2D eigenvalue weighted by Crippen LogP contribution is 2.22. The first-order chi connectivity index (χ1) is 12.9. The van der Waals surface area contributed by atoms with Gasteiger partial charge in [0.05, 0.1) is 18.1 Å². The number of para-hydroxylation sites is 1. The van der Waals surface area contributed by atoms with Crippen molar-refractivity contribution in [2.75, 3.05) is 26.9 Å². The molecule has 1 rings (SSSR count). The highest BCUT2D eigenvalue weighted by atomic mass is 35.5. The van der Waals surface area contributed by atoms with E-state index in [1.165, 1.54) is 7.11 Å². The molecule has 0 fully saturated rings. The Hall–Kier alpha value is -2.43. The van der Waals surface area contributed by atoms with Crippen molar-refractivity contribution in [1.29, 1.82) is 0 Å². The molecule has 0 aliphatic heterocycles. The van der Waals surface area contributed by atoms with Crippen molar-refractivity contribution in [2.24, 2.45) is 0 Å². The molecule has 0 heterocycles. The van der Waals surface area contributed by atoms with Crippen LogP contribution in [0.2, 0.25) is 5.02 Å². The normalized spacial score (nSPS) is 9.85. The molecule has 11 heteroatoms. The van der Waals surface area contributed by atoms with Crippen molar-refractivity contribution >= 4 is 46.7 Å². The van der Waals surface area contributed by atoms with Crippen molar-refractivity contribution < 1.29 is 28.6 Å². The zero-order chi connectivity index (χ0) is 20.1. The largest absolute Gasteiger partial charge is 0.482 e. The Morgan fingerprint density at radius 3 is 2.52 bits per heavy atom. The maximum Gasteiger partial charge on any atom is 0.306 e. The van der Waals surface area contributed by atoms with Gasteiger partial charge in [-0.15, -0.1) is 0 Å². The monoisotopic (exact) mass is 417 g/mol. The Morgan fingerprint density at radius 2 is 1.81 bits per heavy atom. The lowest BCUT2D eigenvalue weighted by molar-refractivity contribution is -0.146. The van der Waals surface area contributed by atoms with Crippen LogP contribution in [-0.4, -0.2) is 49.8 Å². The number of carbonyl (C=O) groups is 3. The third-order valence-electron chi connectivity index (χ3n) is 2.87. The number of carbonyl (C=O) groups excluding carboxylic acids is 3. The van der Waals surface area contributed by atoms with Gasteiger partial charge in [-0.1, -0.05) is 23.7 Å². The maximum atomic E-state index is 11.7. The SMILES string of the molecule is COCCOC(=O)CCC(=O)NC(=S)NNC(=O)COc1ccccc1Cl. The lowest BCUT2D eigenvalue weighted by Gasteiger charge is -2.11. The number of ether oxygens (including phenoxy) is 3. The van der Waals surface area contributed by atoms with Gasteiger partial charge < -0.3 is 19.5 Å². The molecule has 0 atom stereocenters. The fraction of sp³-hybridized carbons (Fsp3) is 0.375. The predicted molar refractivity (Wildman–Crippen MR) is 101 cm³/mol. The number of hydrogen-bond donors (Lipinski definition) is 3. The zero-order valence-electron chi connectivity index (χ0n) is 14.6. The van der Waals surface area contributed by atoms with Crippen LogP contribution in [0, 0.1) is 0 Å². The molecule has 0 radical (unpaired) electrons. The van der Waals surface area contributed by atoms with Crippen molar-refractivity contribution in [3.63, 3.8) is 0 Å². The number of halogens is 1. The summed E-state index contributed by atoms with van der Waals surface area (Å²) in [5, 5.41) is 2.56. The van der Waals surface area contributed by atoms with Crippen LogP contribution < -0.4 is 20.9 Å².